The Kier molecular flexibility index (Phi) is 22.1. The van der Waals surface area contributed by atoms with Gasteiger partial charge in [-0.25, -0.2) is 4.79 Å². The lowest BCUT2D eigenvalue weighted by molar-refractivity contribution is -0.142. The van der Waals surface area contributed by atoms with Crippen LogP contribution in [0.15, 0.2) is 30.3 Å². The lowest BCUT2D eigenvalue weighted by atomic mass is 10.0. The van der Waals surface area contributed by atoms with Crippen LogP contribution in [0.1, 0.15) is 65.4 Å². The van der Waals surface area contributed by atoms with Gasteiger partial charge in [-0.2, -0.15) is 0 Å². The third-order valence-electron chi connectivity index (χ3n) is 8.25. The van der Waals surface area contributed by atoms with Crippen molar-refractivity contribution in [2.45, 2.75) is 109 Å². The first-order valence-electron chi connectivity index (χ1n) is 18.4. The zero-order valence-electron chi connectivity index (χ0n) is 32.5. The van der Waals surface area contributed by atoms with Gasteiger partial charge in [0.25, 0.3) is 0 Å². The van der Waals surface area contributed by atoms with Crippen LogP contribution in [0.4, 0.5) is 0 Å². The second-order valence-corrected chi connectivity index (χ2v) is 13.8. The van der Waals surface area contributed by atoms with E-state index in [0.717, 1.165) is 0 Å². The molecule has 21 nitrogen and oxygen atoms in total. The highest BCUT2D eigenvalue weighted by Gasteiger charge is 2.32. The summed E-state index contributed by atoms with van der Waals surface area (Å²) in [6.45, 7) is 4.73. The molecule has 0 aliphatic rings. The molecule has 21 heteroatoms. The van der Waals surface area contributed by atoms with Crippen LogP contribution in [0.5, 0.6) is 0 Å². The summed E-state index contributed by atoms with van der Waals surface area (Å²) in [4.78, 5) is 113. The number of amides is 7. The fraction of sp³-hybridized carbons (Fsp3) is 0.583. The maximum Gasteiger partial charge on any atom is 0.326 e. The second kappa shape index (κ2) is 25.5. The van der Waals surface area contributed by atoms with Crippen LogP contribution >= 0.6 is 0 Å². The van der Waals surface area contributed by atoms with Crippen molar-refractivity contribution < 1.29 is 58.5 Å². The van der Waals surface area contributed by atoms with Crippen LogP contribution in [0, 0.1) is 5.92 Å². The van der Waals surface area contributed by atoms with Crippen molar-refractivity contribution in [1.82, 2.24) is 37.2 Å². The second-order valence-electron chi connectivity index (χ2n) is 13.8. The van der Waals surface area contributed by atoms with Crippen molar-refractivity contribution in [2.75, 3.05) is 19.7 Å². The van der Waals surface area contributed by atoms with E-state index in [2.05, 4.69) is 37.2 Å². The van der Waals surface area contributed by atoms with E-state index in [0.29, 0.717) is 24.9 Å². The Labute approximate surface area is 330 Å². The topological polar surface area (TPSA) is 351 Å². The summed E-state index contributed by atoms with van der Waals surface area (Å²) in [6.07, 6.45) is 0.267. The number of aliphatic hydroxyl groups is 1. The minimum Gasteiger partial charge on any atom is -0.481 e. The van der Waals surface area contributed by atoms with E-state index >= 15 is 0 Å². The zero-order chi connectivity index (χ0) is 43.2. The highest BCUT2D eigenvalue weighted by molar-refractivity contribution is 5.97. The van der Waals surface area contributed by atoms with Gasteiger partial charge in [0.05, 0.1) is 25.6 Å². The van der Waals surface area contributed by atoms with Crippen LogP contribution < -0.4 is 48.7 Å². The number of carbonyl (C=O) groups is 9. The van der Waals surface area contributed by atoms with E-state index in [1.165, 1.54) is 13.8 Å². The first-order valence-corrected chi connectivity index (χ1v) is 18.4. The minimum absolute atomic E-state index is 0.0108. The molecule has 0 unspecified atom stereocenters. The SMILES string of the molecule is CC(C)C[C@H](NC(=O)[C@H](CO)NC(=O)CNC(=O)[C@H](CC(=O)O)NC(=O)[C@H](C)N)C(=O)N[C@@H](C)C(=O)N[C@@H](CCCCN)C(=O)N[C@@H](Cc1ccccc1)C(=O)O. The van der Waals surface area contributed by atoms with E-state index in [-0.39, 0.29) is 25.2 Å². The van der Waals surface area contributed by atoms with Crippen molar-refractivity contribution in [1.29, 1.82) is 0 Å². The summed E-state index contributed by atoms with van der Waals surface area (Å²) in [6, 6.07) is -0.615. The predicted octanol–water partition coefficient (Wildman–Crippen LogP) is -3.65. The number of aliphatic hydroxyl groups excluding tert-OH is 1. The fourth-order valence-electron chi connectivity index (χ4n) is 5.15. The molecule has 0 aliphatic carbocycles. The quantitative estimate of drug-likeness (QED) is 0.0402. The average molecular weight is 808 g/mol. The predicted molar refractivity (Wildman–Crippen MR) is 203 cm³/mol. The third kappa shape index (κ3) is 19.2. The molecule has 57 heavy (non-hydrogen) atoms. The Bertz CT molecular complexity index is 1540. The third-order valence-corrected chi connectivity index (χ3v) is 8.25. The standard InChI is InChI=1S/C36H57N9O12/c1-19(2)14-24(44-35(55)27(18-46)41-28(47)17-39-32(52)25(16-29(48)49)43-30(50)20(3)38)34(54)40-21(4)31(51)42-23(12-8-9-13-37)33(53)45-26(36(56)57)15-22-10-6-5-7-11-22/h5-7,10-11,19-21,23-27,46H,8-9,12-18,37-38H2,1-4H3,(H,39,52)(H,40,54)(H,41,47)(H,42,51)(H,43,50)(H,44,55)(H,45,53)(H,48,49)(H,56,57)/t20-,21-,23-,24-,25-,26-,27-/m0/s1. The molecule has 0 aromatic heterocycles. The lowest BCUT2D eigenvalue weighted by Gasteiger charge is -2.26. The zero-order valence-corrected chi connectivity index (χ0v) is 32.5. The van der Waals surface area contributed by atoms with E-state index < -0.39 is 115 Å². The van der Waals surface area contributed by atoms with Crippen molar-refractivity contribution in [3.8, 4) is 0 Å². The number of rotatable bonds is 26. The van der Waals surface area contributed by atoms with E-state index in [9.17, 15) is 53.4 Å². The van der Waals surface area contributed by atoms with Gasteiger partial charge in [0.2, 0.25) is 41.4 Å². The number of aliphatic carboxylic acids is 2. The van der Waals surface area contributed by atoms with Gasteiger partial charge in [-0.05, 0) is 57.6 Å². The van der Waals surface area contributed by atoms with E-state index in [1.54, 1.807) is 44.2 Å². The minimum atomic E-state index is -1.62. The smallest absolute Gasteiger partial charge is 0.326 e. The summed E-state index contributed by atoms with van der Waals surface area (Å²) in [5.74, 6) is -9.07. The Morgan fingerprint density at radius 1 is 0.649 bits per heavy atom. The van der Waals surface area contributed by atoms with Crippen molar-refractivity contribution in [3.05, 3.63) is 35.9 Å². The summed E-state index contributed by atoms with van der Waals surface area (Å²) in [5, 5.41) is 45.1. The molecular weight excluding hydrogens is 750 g/mol. The molecule has 0 fully saturated rings. The van der Waals surface area contributed by atoms with Gasteiger partial charge < -0.3 is 64.0 Å². The number of benzene rings is 1. The number of unbranched alkanes of at least 4 members (excludes halogenated alkanes) is 1. The molecule has 14 N–H and O–H groups in total. The highest BCUT2D eigenvalue weighted by atomic mass is 16.4. The van der Waals surface area contributed by atoms with Gasteiger partial charge in [-0.1, -0.05) is 44.2 Å². The maximum atomic E-state index is 13.4. The molecule has 0 bridgehead atoms. The van der Waals surface area contributed by atoms with Gasteiger partial charge in [-0.15, -0.1) is 0 Å². The number of nitrogens with two attached hydrogens (primary N) is 2. The molecular formula is C36H57N9O12. The Balaban J connectivity index is 2.96. The van der Waals surface area contributed by atoms with E-state index in [1.807, 2.05) is 0 Å². The molecule has 7 amide bonds. The van der Waals surface area contributed by atoms with Gasteiger partial charge in [-0.3, -0.25) is 38.4 Å². The van der Waals surface area contributed by atoms with Crippen molar-refractivity contribution >= 4 is 53.3 Å². The number of carbonyl (C=O) groups excluding carboxylic acids is 7. The molecule has 0 saturated heterocycles. The number of hydrogen-bond acceptors (Lipinski definition) is 12. The monoisotopic (exact) mass is 807 g/mol. The average Bonchev–Trinajstić information content (AvgIpc) is 3.14. The summed E-state index contributed by atoms with van der Waals surface area (Å²) < 4.78 is 0. The van der Waals surface area contributed by atoms with Crippen LogP contribution in [-0.2, 0) is 49.6 Å². The summed E-state index contributed by atoms with van der Waals surface area (Å²) in [5.41, 5.74) is 11.7. The molecule has 0 heterocycles. The molecule has 0 saturated carbocycles. The largest absolute Gasteiger partial charge is 0.481 e. The van der Waals surface area contributed by atoms with Crippen LogP contribution in [-0.4, -0.2) is 131 Å². The Hall–Kier alpha value is -5.67. The molecule has 1 aromatic carbocycles. The molecule has 0 radical (unpaired) electrons. The number of hydrogen-bond donors (Lipinski definition) is 12. The first-order chi connectivity index (χ1) is 26.8. The first kappa shape index (κ1) is 49.3. The fourth-order valence-corrected chi connectivity index (χ4v) is 5.15. The van der Waals surface area contributed by atoms with Gasteiger partial charge in [0.1, 0.15) is 36.3 Å². The van der Waals surface area contributed by atoms with Crippen LogP contribution in [0.2, 0.25) is 0 Å². The maximum absolute atomic E-state index is 13.4. The highest BCUT2D eigenvalue weighted by Crippen LogP contribution is 2.09. The van der Waals surface area contributed by atoms with Crippen LogP contribution in [0.25, 0.3) is 0 Å². The lowest BCUT2D eigenvalue weighted by Crippen LogP contribution is -2.59. The normalized spacial score (nSPS) is 14.6. The number of carboxylic acids is 2. The molecule has 318 valence electrons. The van der Waals surface area contributed by atoms with Crippen molar-refractivity contribution in [2.24, 2.45) is 17.4 Å². The van der Waals surface area contributed by atoms with Crippen LogP contribution in [0.3, 0.4) is 0 Å². The van der Waals surface area contributed by atoms with Gasteiger partial charge in [0, 0.05) is 6.42 Å². The molecule has 1 aromatic rings. The Morgan fingerprint density at radius 2 is 1.21 bits per heavy atom. The molecule has 1 rings (SSSR count). The van der Waals surface area contributed by atoms with Crippen molar-refractivity contribution in [3.63, 3.8) is 0 Å². The molecule has 7 atom stereocenters. The summed E-state index contributed by atoms with van der Waals surface area (Å²) >= 11 is 0. The van der Waals surface area contributed by atoms with Gasteiger partial charge >= 0.3 is 11.9 Å². The van der Waals surface area contributed by atoms with E-state index in [4.69, 9.17) is 16.6 Å². The summed E-state index contributed by atoms with van der Waals surface area (Å²) in [7, 11) is 0. The number of carboxylic acid groups (broad SMARTS) is 2. The molecule has 0 spiro atoms. The Morgan fingerprint density at radius 3 is 1.75 bits per heavy atom. The molecule has 0 aliphatic heterocycles. The van der Waals surface area contributed by atoms with Gasteiger partial charge in [0.15, 0.2) is 0 Å². The number of nitrogens with one attached hydrogen (secondary N) is 7.